The maximum atomic E-state index is 5.94. The average Bonchev–Trinajstić information content (AvgIpc) is 2.16. The van der Waals surface area contributed by atoms with Crippen LogP contribution in [0.2, 0.25) is 0 Å². The molecule has 1 atom stereocenters. The second-order valence-corrected chi connectivity index (χ2v) is 3.56. The van der Waals surface area contributed by atoms with E-state index in [0.717, 1.165) is 24.5 Å². The lowest BCUT2D eigenvalue weighted by atomic mass is 10.3. The molecule has 0 saturated carbocycles. The highest BCUT2D eigenvalue weighted by molar-refractivity contribution is 6.20. The normalized spacial score (nSPS) is 12.5. The second-order valence-electron chi connectivity index (χ2n) is 2.95. The van der Waals surface area contributed by atoms with E-state index in [1.54, 1.807) is 0 Å². The van der Waals surface area contributed by atoms with Gasteiger partial charge in [0.2, 0.25) is 0 Å². The van der Waals surface area contributed by atoms with E-state index in [-0.39, 0.29) is 5.38 Å². The average molecular weight is 200 g/mol. The van der Waals surface area contributed by atoms with Crippen molar-refractivity contribution in [3.63, 3.8) is 0 Å². The maximum absolute atomic E-state index is 5.94. The Morgan fingerprint density at radius 1 is 1.46 bits per heavy atom. The molecule has 0 fully saturated rings. The van der Waals surface area contributed by atoms with Crippen molar-refractivity contribution in [2.24, 2.45) is 0 Å². The number of hydrogen-bond acceptors (Lipinski definition) is 3. The van der Waals surface area contributed by atoms with Gasteiger partial charge in [0.25, 0.3) is 0 Å². The number of aryl methyl sites for hydroxylation is 1. The van der Waals surface area contributed by atoms with Gasteiger partial charge < -0.3 is 5.32 Å². The van der Waals surface area contributed by atoms with Crippen LogP contribution in [0.5, 0.6) is 0 Å². The van der Waals surface area contributed by atoms with Crippen molar-refractivity contribution >= 4 is 17.4 Å². The highest BCUT2D eigenvalue weighted by Crippen LogP contribution is 2.05. The molecular weight excluding hydrogens is 186 g/mol. The van der Waals surface area contributed by atoms with Gasteiger partial charge in [-0.05, 0) is 25.5 Å². The van der Waals surface area contributed by atoms with Gasteiger partial charge in [0.1, 0.15) is 5.82 Å². The summed E-state index contributed by atoms with van der Waals surface area (Å²) in [6.07, 6.45) is 0.952. The molecule has 1 aromatic heterocycles. The lowest BCUT2D eigenvalue weighted by Gasteiger charge is -2.07. The minimum absolute atomic E-state index is 0.156. The van der Waals surface area contributed by atoms with Gasteiger partial charge in [0, 0.05) is 6.54 Å². The second kappa shape index (κ2) is 5.02. The number of aromatic nitrogens is 2. The van der Waals surface area contributed by atoms with E-state index in [4.69, 9.17) is 11.6 Å². The quantitative estimate of drug-likeness (QED) is 0.756. The van der Waals surface area contributed by atoms with Crippen LogP contribution in [0.4, 0.5) is 5.82 Å². The van der Waals surface area contributed by atoms with E-state index >= 15 is 0 Å². The summed E-state index contributed by atoms with van der Waals surface area (Å²) in [4.78, 5) is 0. The summed E-state index contributed by atoms with van der Waals surface area (Å²) in [6.45, 7) is 4.70. The van der Waals surface area contributed by atoms with Crippen LogP contribution in [-0.4, -0.2) is 22.1 Å². The van der Waals surface area contributed by atoms with Gasteiger partial charge in [-0.2, -0.15) is 5.10 Å². The number of nitrogens with one attached hydrogen (secondary N) is 1. The summed E-state index contributed by atoms with van der Waals surface area (Å²) < 4.78 is 0. The first-order valence-electron chi connectivity index (χ1n) is 4.40. The van der Waals surface area contributed by atoms with Crippen molar-refractivity contribution in [2.45, 2.75) is 25.6 Å². The zero-order chi connectivity index (χ0) is 9.68. The molecule has 72 valence electrons. The molecular formula is C9H14ClN3. The Kier molecular flexibility index (Phi) is 3.96. The summed E-state index contributed by atoms with van der Waals surface area (Å²) >= 11 is 5.94. The highest BCUT2D eigenvalue weighted by atomic mass is 35.5. The topological polar surface area (TPSA) is 37.8 Å². The number of rotatable bonds is 4. The van der Waals surface area contributed by atoms with Crippen LogP contribution in [-0.2, 0) is 0 Å². The number of alkyl halides is 1. The highest BCUT2D eigenvalue weighted by Gasteiger charge is 2.00. The predicted octanol–water partition coefficient (Wildman–Crippen LogP) is 2.21. The molecule has 1 heterocycles. The van der Waals surface area contributed by atoms with Crippen LogP contribution in [0.3, 0.4) is 0 Å². The molecule has 13 heavy (non-hydrogen) atoms. The fraction of sp³-hybridized carbons (Fsp3) is 0.556. The molecule has 0 aliphatic heterocycles. The van der Waals surface area contributed by atoms with E-state index in [1.165, 1.54) is 0 Å². The van der Waals surface area contributed by atoms with Gasteiger partial charge in [-0.1, -0.05) is 6.92 Å². The SMILES string of the molecule is CCC(Cl)CNc1ccc(C)nn1. The summed E-state index contributed by atoms with van der Waals surface area (Å²) in [7, 11) is 0. The first kappa shape index (κ1) is 10.3. The van der Waals surface area contributed by atoms with Crippen molar-refractivity contribution in [1.29, 1.82) is 0 Å². The molecule has 0 bridgehead atoms. The number of nitrogens with zero attached hydrogens (tertiary/aromatic N) is 2. The Morgan fingerprint density at radius 2 is 2.23 bits per heavy atom. The zero-order valence-corrected chi connectivity index (χ0v) is 8.67. The Labute approximate surface area is 83.5 Å². The van der Waals surface area contributed by atoms with Gasteiger partial charge in [-0.3, -0.25) is 0 Å². The van der Waals surface area contributed by atoms with Crippen LogP contribution in [0, 0.1) is 6.92 Å². The summed E-state index contributed by atoms with van der Waals surface area (Å²) in [5.41, 5.74) is 0.920. The fourth-order valence-electron chi connectivity index (χ4n) is 0.853. The Morgan fingerprint density at radius 3 is 2.77 bits per heavy atom. The molecule has 0 aliphatic rings. The summed E-state index contributed by atoms with van der Waals surface area (Å²) in [5, 5.41) is 11.2. The molecule has 0 aromatic carbocycles. The molecule has 1 aromatic rings. The van der Waals surface area contributed by atoms with E-state index in [0.29, 0.717) is 0 Å². The molecule has 4 heteroatoms. The van der Waals surface area contributed by atoms with Crippen molar-refractivity contribution in [3.05, 3.63) is 17.8 Å². The van der Waals surface area contributed by atoms with Crippen LogP contribution in [0.15, 0.2) is 12.1 Å². The van der Waals surface area contributed by atoms with Crippen molar-refractivity contribution in [2.75, 3.05) is 11.9 Å². The van der Waals surface area contributed by atoms with Gasteiger partial charge >= 0.3 is 0 Å². The molecule has 0 spiro atoms. The van der Waals surface area contributed by atoms with E-state index < -0.39 is 0 Å². The first-order chi connectivity index (χ1) is 6.22. The van der Waals surface area contributed by atoms with E-state index in [9.17, 15) is 0 Å². The van der Waals surface area contributed by atoms with E-state index in [1.807, 2.05) is 19.1 Å². The third-order valence-electron chi connectivity index (χ3n) is 1.75. The number of halogens is 1. The Bertz CT molecular complexity index is 248. The van der Waals surface area contributed by atoms with Gasteiger partial charge in [-0.25, -0.2) is 0 Å². The van der Waals surface area contributed by atoms with Gasteiger partial charge in [0.15, 0.2) is 0 Å². The van der Waals surface area contributed by atoms with Crippen LogP contribution >= 0.6 is 11.6 Å². The third kappa shape index (κ3) is 3.59. The molecule has 0 saturated heterocycles. The molecule has 1 unspecified atom stereocenters. The van der Waals surface area contributed by atoms with Crippen molar-refractivity contribution in [3.8, 4) is 0 Å². The smallest absolute Gasteiger partial charge is 0.148 e. The lowest BCUT2D eigenvalue weighted by molar-refractivity contribution is 0.834. The number of anilines is 1. The molecule has 0 radical (unpaired) electrons. The first-order valence-corrected chi connectivity index (χ1v) is 4.84. The van der Waals surface area contributed by atoms with Gasteiger partial charge in [0.05, 0.1) is 11.1 Å². The Hall–Kier alpha value is -0.830. The summed E-state index contributed by atoms with van der Waals surface area (Å²) in [5.74, 6) is 0.782. The molecule has 0 amide bonds. The predicted molar refractivity (Wildman–Crippen MR) is 55.2 cm³/mol. The minimum atomic E-state index is 0.156. The lowest BCUT2D eigenvalue weighted by Crippen LogP contribution is -2.14. The van der Waals surface area contributed by atoms with Gasteiger partial charge in [-0.15, -0.1) is 16.7 Å². The fourth-order valence-corrected chi connectivity index (χ4v) is 0.930. The standard InChI is InChI=1S/C9H14ClN3/c1-3-8(10)6-11-9-5-4-7(2)12-13-9/h4-5,8H,3,6H2,1-2H3,(H,11,13). The molecule has 0 aliphatic carbocycles. The molecule has 3 nitrogen and oxygen atoms in total. The minimum Gasteiger partial charge on any atom is -0.367 e. The third-order valence-corrected chi connectivity index (χ3v) is 2.21. The largest absolute Gasteiger partial charge is 0.367 e. The maximum Gasteiger partial charge on any atom is 0.148 e. The van der Waals surface area contributed by atoms with Crippen molar-refractivity contribution in [1.82, 2.24) is 10.2 Å². The van der Waals surface area contributed by atoms with E-state index in [2.05, 4.69) is 22.4 Å². The van der Waals surface area contributed by atoms with Crippen LogP contribution in [0.25, 0.3) is 0 Å². The van der Waals surface area contributed by atoms with Crippen molar-refractivity contribution < 1.29 is 0 Å². The monoisotopic (exact) mass is 199 g/mol. The molecule has 1 N–H and O–H groups in total. The summed E-state index contributed by atoms with van der Waals surface area (Å²) in [6, 6.07) is 3.83. The number of hydrogen-bond donors (Lipinski definition) is 1. The molecule has 1 rings (SSSR count). The Balaban J connectivity index is 2.41. The van der Waals surface area contributed by atoms with Crippen LogP contribution in [0.1, 0.15) is 19.0 Å². The van der Waals surface area contributed by atoms with Crippen LogP contribution < -0.4 is 5.32 Å². The zero-order valence-electron chi connectivity index (χ0n) is 7.92.